The molecule has 29 heavy (non-hydrogen) atoms. The Balaban J connectivity index is 0.00000210. The molecule has 1 aliphatic rings. The fourth-order valence-corrected chi connectivity index (χ4v) is 3.50. The maximum atomic E-state index is 12.5. The van der Waals surface area contributed by atoms with E-state index in [0.29, 0.717) is 22.9 Å². The molecular formula is C19H22Cl3F3N2O2. The Bertz CT molecular complexity index is 794. The third-order valence-corrected chi connectivity index (χ3v) is 4.70. The molecule has 0 amide bonds. The summed E-state index contributed by atoms with van der Waals surface area (Å²) in [5.74, 6) is 0.235. The van der Waals surface area contributed by atoms with Crippen LogP contribution >= 0.6 is 36.4 Å². The number of hydrogen-bond acceptors (Lipinski definition) is 4. The minimum absolute atomic E-state index is 0. The van der Waals surface area contributed by atoms with Gasteiger partial charge in [-0.3, -0.25) is 0 Å². The Morgan fingerprint density at radius 1 is 1.17 bits per heavy atom. The Morgan fingerprint density at radius 3 is 2.59 bits per heavy atom. The van der Waals surface area contributed by atoms with Crippen molar-refractivity contribution in [2.24, 2.45) is 0 Å². The first-order valence-corrected chi connectivity index (χ1v) is 8.88. The summed E-state index contributed by atoms with van der Waals surface area (Å²) < 4.78 is 46.7. The molecule has 2 aromatic carbocycles. The average molecular weight is 474 g/mol. The van der Waals surface area contributed by atoms with Gasteiger partial charge in [-0.1, -0.05) is 23.7 Å². The van der Waals surface area contributed by atoms with Crippen molar-refractivity contribution in [1.29, 1.82) is 0 Å². The number of nitrogens with one attached hydrogen (secondary N) is 2. The maximum Gasteiger partial charge on any atom is 0.573 e. The third kappa shape index (κ3) is 7.12. The van der Waals surface area contributed by atoms with Crippen LogP contribution in [0.2, 0.25) is 5.02 Å². The van der Waals surface area contributed by atoms with Gasteiger partial charge in [-0.05, 0) is 48.9 Å². The van der Waals surface area contributed by atoms with Gasteiger partial charge >= 0.3 is 6.36 Å². The quantitative estimate of drug-likeness (QED) is 0.599. The smallest absolute Gasteiger partial charge is 0.496 e. The molecule has 0 spiro atoms. The molecule has 0 saturated carbocycles. The molecule has 0 bridgehead atoms. The van der Waals surface area contributed by atoms with Crippen LogP contribution in [0.1, 0.15) is 23.6 Å². The SMILES string of the molecule is COc1ccc(OC(F)(F)F)cc1CN[C@H]1CCN[C@H]1c1cccc(Cl)c1.Cl.Cl. The lowest BCUT2D eigenvalue weighted by molar-refractivity contribution is -0.274. The van der Waals surface area contributed by atoms with E-state index in [9.17, 15) is 13.2 Å². The van der Waals surface area contributed by atoms with Crippen LogP contribution < -0.4 is 20.1 Å². The first-order chi connectivity index (χ1) is 12.9. The number of halogens is 6. The molecule has 3 rings (SSSR count). The monoisotopic (exact) mass is 472 g/mol. The maximum absolute atomic E-state index is 12.5. The lowest BCUT2D eigenvalue weighted by Crippen LogP contribution is -2.34. The zero-order valence-corrected chi connectivity index (χ0v) is 17.9. The van der Waals surface area contributed by atoms with Crippen LogP contribution in [0.25, 0.3) is 0 Å². The standard InChI is InChI=1S/C19H20ClF3N2O2.2ClH/c1-26-17-6-5-15(27-19(21,22)23)10-13(17)11-25-16-7-8-24-18(16)12-3-2-4-14(20)9-12;;/h2-6,9-10,16,18,24-25H,7-8,11H2,1H3;2*1H/t16-,18-;;/m0../s1. The van der Waals surface area contributed by atoms with Crippen LogP contribution in [0.5, 0.6) is 11.5 Å². The molecule has 162 valence electrons. The molecule has 0 radical (unpaired) electrons. The Morgan fingerprint density at radius 2 is 1.93 bits per heavy atom. The number of methoxy groups -OCH3 is 1. The van der Waals surface area contributed by atoms with E-state index in [0.717, 1.165) is 18.5 Å². The molecule has 1 saturated heterocycles. The topological polar surface area (TPSA) is 42.5 Å². The molecule has 1 fully saturated rings. The van der Waals surface area contributed by atoms with Gasteiger partial charge in [0.05, 0.1) is 7.11 Å². The second kappa shape index (κ2) is 11.1. The molecular weight excluding hydrogens is 452 g/mol. The highest BCUT2D eigenvalue weighted by Crippen LogP contribution is 2.30. The summed E-state index contributed by atoms with van der Waals surface area (Å²) in [6, 6.07) is 11.9. The third-order valence-electron chi connectivity index (χ3n) is 4.47. The van der Waals surface area contributed by atoms with Crippen molar-refractivity contribution < 1.29 is 22.6 Å². The summed E-state index contributed by atoms with van der Waals surface area (Å²) in [5, 5.41) is 7.51. The van der Waals surface area contributed by atoms with Crippen LogP contribution in [0.15, 0.2) is 42.5 Å². The van der Waals surface area contributed by atoms with E-state index in [2.05, 4.69) is 15.4 Å². The lowest BCUT2D eigenvalue weighted by Gasteiger charge is -2.22. The molecule has 0 aliphatic carbocycles. The lowest BCUT2D eigenvalue weighted by atomic mass is 10.0. The van der Waals surface area contributed by atoms with E-state index in [1.54, 1.807) is 0 Å². The largest absolute Gasteiger partial charge is 0.573 e. The van der Waals surface area contributed by atoms with E-state index in [4.69, 9.17) is 16.3 Å². The predicted molar refractivity (Wildman–Crippen MR) is 112 cm³/mol. The van der Waals surface area contributed by atoms with Gasteiger partial charge in [0, 0.05) is 29.2 Å². The van der Waals surface area contributed by atoms with Crippen molar-refractivity contribution in [3.05, 3.63) is 58.6 Å². The summed E-state index contributed by atoms with van der Waals surface area (Å²) >= 11 is 6.08. The van der Waals surface area contributed by atoms with Gasteiger partial charge in [-0.25, -0.2) is 0 Å². The summed E-state index contributed by atoms with van der Waals surface area (Å²) in [6.07, 6.45) is -3.84. The van der Waals surface area contributed by atoms with Crippen molar-refractivity contribution in [1.82, 2.24) is 10.6 Å². The van der Waals surface area contributed by atoms with Crippen molar-refractivity contribution in [3.8, 4) is 11.5 Å². The van der Waals surface area contributed by atoms with Gasteiger partial charge in [0.25, 0.3) is 0 Å². The molecule has 4 nitrogen and oxygen atoms in total. The van der Waals surface area contributed by atoms with E-state index in [1.165, 1.54) is 25.3 Å². The number of ether oxygens (including phenoxy) is 2. The molecule has 2 atom stereocenters. The van der Waals surface area contributed by atoms with Gasteiger partial charge in [0.15, 0.2) is 0 Å². The van der Waals surface area contributed by atoms with E-state index in [1.807, 2.05) is 24.3 Å². The second-order valence-corrected chi connectivity index (χ2v) is 6.72. The molecule has 2 N–H and O–H groups in total. The van der Waals surface area contributed by atoms with Crippen LogP contribution in [-0.2, 0) is 6.54 Å². The molecule has 10 heteroatoms. The number of alkyl halides is 3. The van der Waals surface area contributed by atoms with Gasteiger partial charge in [0.2, 0.25) is 0 Å². The number of rotatable bonds is 6. The average Bonchev–Trinajstić information content (AvgIpc) is 3.07. The highest BCUT2D eigenvalue weighted by atomic mass is 35.5. The Labute approximate surface area is 184 Å². The highest BCUT2D eigenvalue weighted by molar-refractivity contribution is 6.30. The summed E-state index contributed by atoms with van der Waals surface area (Å²) in [7, 11) is 1.48. The van der Waals surface area contributed by atoms with Crippen LogP contribution in [-0.4, -0.2) is 26.1 Å². The van der Waals surface area contributed by atoms with Gasteiger partial charge in [-0.15, -0.1) is 38.0 Å². The number of benzene rings is 2. The van der Waals surface area contributed by atoms with E-state index < -0.39 is 6.36 Å². The van der Waals surface area contributed by atoms with Crippen LogP contribution in [0.4, 0.5) is 13.2 Å². The first kappa shape index (κ1) is 25.7. The fraction of sp³-hybridized carbons (Fsp3) is 0.368. The van der Waals surface area contributed by atoms with E-state index in [-0.39, 0.29) is 42.6 Å². The minimum atomic E-state index is -4.73. The van der Waals surface area contributed by atoms with E-state index >= 15 is 0 Å². The summed E-state index contributed by atoms with van der Waals surface area (Å²) in [5.41, 5.74) is 1.66. The highest BCUT2D eigenvalue weighted by Gasteiger charge is 2.32. The van der Waals surface area contributed by atoms with Crippen LogP contribution in [0, 0.1) is 0 Å². The van der Waals surface area contributed by atoms with Gasteiger partial charge in [0.1, 0.15) is 11.5 Å². The molecule has 0 aromatic heterocycles. The van der Waals surface area contributed by atoms with Crippen molar-refractivity contribution >= 4 is 36.4 Å². The van der Waals surface area contributed by atoms with Crippen molar-refractivity contribution in [2.75, 3.05) is 13.7 Å². The Kier molecular flexibility index (Phi) is 9.85. The molecule has 2 aromatic rings. The zero-order chi connectivity index (χ0) is 19.4. The number of hydrogen-bond donors (Lipinski definition) is 2. The van der Waals surface area contributed by atoms with Gasteiger partial charge in [-0.2, -0.15) is 0 Å². The summed E-state index contributed by atoms with van der Waals surface area (Å²) in [6.45, 7) is 1.19. The van der Waals surface area contributed by atoms with Gasteiger partial charge < -0.3 is 20.1 Å². The molecule has 1 aliphatic heterocycles. The molecule has 1 heterocycles. The van der Waals surface area contributed by atoms with Crippen molar-refractivity contribution in [3.63, 3.8) is 0 Å². The normalized spacial score (nSPS) is 18.5. The van der Waals surface area contributed by atoms with Crippen LogP contribution in [0.3, 0.4) is 0 Å². The Hall–Kier alpha value is -1.38. The fourth-order valence-electron chi connectivity index (χ4n) is 3.30. The molecule has 0 unspecified atom stereocenters. The zero-order valence-electron chi connectivity index (χ0n) is 15.5. The second-order valence-electron chi connectivity index (χ2n) is 6.28. The van der Waals surface area contributed by atoms with Crippen molar-refractivity contribution in [2.45, 2.75) is 31.4 Å². The minimum Gasteiger partial charge on any atom is -0.496 e. The predicted octanol–water partition coefficient (Wildman–Crippen LogP) is 5.28. The first-order valence-electron chi connectivity index (χ1n) is 8.50. The summed E-state index contributed by atoms with van der Waals surface area (Å²) in [4.78, 5) is 0.